The van der Waals surface area contributed by atoms with Crippen molar-refractivity contribution in [3.8, 4) is 0 Å². The van der Waals surface area contributed by atoms with Crippen molar-refractivity contribution in [3.63, 3.8) is 0 Å². The summed E-state index contributed by atoms with van der Waals surface area (Å²) in [6, 6.07) is 6.51. The fourth-order valence-corrected chi connectivity index (χ4v) is 1.44. The molecule has 0 unspecified atom stereocenters. The van der Waals surface area contributed by atoms with Gasteiger partial charge in [-0.2, -0.15) is 0 Å². The fraction of sp³-hybridized carbons (Fsp3) is 0. The zero-order chi connectivity index (χ0) is 12.3. The summed E-state index contributed by atoms with van der Waals surface area (Å²) in [7, 11) is 0. The molecule has 0 saturated heterocycles. The molecule has 0 bridgehead atoms. The molecule has 1 heterocycles. The first-order valence-electron chi connectivity index (χ1n) is 4.81. The van der Waals surface area contributed by atoms with Crippen LogP contribution in [0, 0.1) is 0 Å². The molecule has 0 fully saturated rings. The molecule has 0 aliphatic heterocycles. The molecule has 1 aromatic heterocycles. The van der Waals surface area contributed by atoms with E-state index in [-0.39, 0.29) is 11.6 Å². The van der Waals surface area contributed by atoms with Gasteiger partial charge in [-0.05, 0) is 18.2 Å². The number of benzene rings is 1. The zero-order valence-electron chi connectivity index (χ0n) is 8.72. The topological polar surface area (TPSA) is 80.9 Å². The van der Waals surface area contributed by atoms with Crippen LogP contribution in [-0.4, -0.2) is 15.9 Å². The lowest BCUT2D eigenvalue weighted by Gasteiger charge is -2.06. The molecule has 0 atom stereocenters. The van der Waals surface area contributed by atoms with Gasteiger partial charge in [-0.15, -0.1) is 0 Å². The molecular formula is C11H9ClN4O. The van der Waals surface area contributed by atoms with Gasteiger partial charge in [0.2, 0.25) is 5.95 Å². The van der Waals surface area contributed by atoms with Crippen LogP contribution in [-0.2, 0) is 0 Å². The van der Waals surface area contributed by atoms with Crippen LogP contribution in [0.15, 0.2) is 36.7 Å². The highest BCUT2D eigenvalue weighted by Crippen LogP contribution is 2.22. The Morgan fingerprint density at radius 1 is 1.24 bits per heavy atom. The minimum Gasteiger partial charge on any atom is -0.397 e. The van der Waals surface area contributed by atoms with Crippen LogP contribution in [0.3, 0.4) is 0 Å². The Hall–Kier alpha value is -2.14. The third-order valence-electron chi connectivity index (χ3n) is 2.09. The number of hydrogen-bond acceptors (Lipinski definition) is 4. The molecule has 0 aliphatic rings. The van der Waals surface area contributed by atoms with E-state index in [1.54, 1.807) is 24.3 Å². The number of anilines is 2. The van der Waals surface area contributed by atoms with Crippen LogP contribution >= 0.6 is 11.6 Å². The first-order valence-corrected chi connectivity index (χ1v) is 5.18. The summed E-state index contributed by atoms with van der Waals surface area (Å²) in [5.74, 6) is -0.173. The summed E-state index contributed by atoms with van der Waals surface area (Å²) in [5, 5.41) is 2.87. The average molecular weight is 249 g/mol. The van der Waals surface area contributed by atoms with E-state index in [0.717, 1.165) is 0 Å². The van der Waals surface area contributed by atoms with Crippen molar-refractivity contribution in [2.24, 2.45) is 0 Å². The zero-order valence-corrected chi connectivity index (χ0v) is 9.48. The van der Waals surface area contributed by atoms with Crippen molar-refractivity contribution in [1.82, 2.24) is 9.97 Å². The maximum absolute atomic E-state index is 11.9. The Labute approximate surface area is 103 Å². The number of nitrogens with two attached hydrogens (primary N) is 1. The van der Waals surface area contributed by atoms with Crippen molar-refractivity contribution >= 4 is 29.1 Å². The van der Waals surface area contributed by atoms with Gasteiger partial charge in [0, 0.05) is 12.4 Å². The second kappa shape index (κ2) is 4.80. The number of carbonyl (C=O) groups is 1. The Balaban J connectivity index is 2.24. The second-order valence-electron chi connectivity index (χ2n) is 3.23. The van der Waals surface area contributed by atoms with E-state index in [0.29, 0.717) is 10.6 Å². The molecular weight excluding hydrogens is 240 g/mol. The molecule has 86 valence electrons. The monoisotopic (exact) mass is 248 g/mol. The van der Waals surface area contributed by atoms with Crippen LogP contribution in [0.2, 0.25) is 5.02 Å². The average Bonchev–Trinajstić information content (AvgIpc) is 2.34. The van der Waals surface area contributed by atoms with Gasteiger partial charge in [0.1, 0.15) is 0 Å². The summed E-state index contributed by atoms with van der Waals surface area (Å²) < 4.78 is 0. The number of rotatable bonds is 2. The summed E-state index contributed by atoms with van der Waals surface area (Å²) in [4.78, 5) is 19.6. The number of hydrogen-bond donors (Lipinski definition) is 2. The largest absolute Gasteiger partial charge is 0.397 e. The number of aromatic nitrogens is 2. The normalized spacial score (nSPS) is 9.94. The lowest BCUT2D eigenvalue weighted by Crippen LogP contribution is -2.15. The van der Waals surface area contributed by atoms with Crippen molar-refractivity contribution in [3.05, 3.63) is 47.2 Å². The Morgan fingerprint density at radius 2 is 1.94 bits per heavy atom. The lowest BCUT2D eigenvalue weighted by molar-refractivity contribution is 0.102. The standard InChI is InChI=1S/C11H9ClN4O/c12-8-4-1-3-7(9(8)13)10(17)16-11-14-5-2-6-15-11/h1-6H,13H2,(H,14,15,16,17). The summed E-state index contributed by atoms with van der Waals surface area (Å²) >= 11 is 5.82. The molecule has 0 aliphatic carbocycles. The van der Waals surface area contributed by atoms with Crippen LogP contribution in [0.5, 0.6) is 0 Å². The first-order chi connectivity index (χ1) is 8.18. The Bertz CT molecular complexity index is 544. The Morgan fingerprint density at radius 3 is 2.65 bits per heavy atom. The highest BCUT2D eigenvalue weighted by atomic mass is 35.5. The lowest BCUT2D eigenvalue weighted by atomic mass is 10.1. The minimum atomic E-state index is -0.392. The molecule has 2 aromatic rings. The van der Waals surface area contributed by atoms with Gasteiger partial charge in [-0.25, -0.2) is 9.97 Å². The number of halogens is 1. The van der Waals surface area contributed by atoms with Crippen molar-refractivity contribution in [2.45, 2.75) is 0 Å². The van der Waals surface area contributed by atoms with E-state index >= 15 is 0 Å². The number of nitrogens with one attached hydrogen (secondary N) is 1. The molecule has 2 rings (SSSR count). The molecule has 1 aromatic carbocycles. The number of para-hydroxylation sites is 1. The second-order valence-corrected chi connectivity index (χ2v) is 3.63. The maximum atomic E-state index is 11.9. The molecule has 1 amide bonds. The fourth-order valence-electron chi connectivity index (χ4n) is 1.27. The van der Waals surface area contributed by atoms with Gasteiger partial charge >= 0.3 is 0 Å². The van der Waals surface area contributed by atoms with Gasteiger partial charge in [0.05, 0.1) is 16.3 Å². The highest BCUT2D eigenvalue weighted by Gasteiger charge is 2.12. The van der Waals surface area contributed by atoms with Crippen molar-refractivity contribution in [1.29, 1.82) is 0 Å². The SMILES string of the molecule is Nc1c(Cl)cccc1C(=O)Nc1ncccn1. The van der Waals surface area contributed by atoms with E-state index in [9.17, 15) is 4.79 Å². The molecule has 0 saturated carbocycles. The van der Waals surface area contributed by atoms with E-state index in [1.165, 1.54) is 12.4 Å². The van der Waals surface area contributed by atoms with Crippen LogP contribution in [0.4, 0.5) is 11.6 Å². The van der Waals surface area contributed by atoms with Gasteiger partial charge < -0.3 is 5.73 Å². The quantitative estimate of drug-likeness (QED) is 0.796. The van der Waals surface area contributed by atoms with Gasteiger partial charge in [-0.1, -0.05) is 17.7 Å². The third-order valence-corrected chi connectivity index (χ3v) is 2.42. The highest BCUT2D eigenvalue weighted by molar-refractivity contribution is 6.34. The number of amides is 1. The van der Waals surface area contributed by atoms with Gasteiger partial charge in [0.25, 0.3) is 5.91 Å². The summed E-state index contributed by atoms with van der Waals surface area (Å²) in [6.45, 7) is 0. The van der Waals surface area contributed by atoms with Crippen LogP contribution in [0.1, 0.15) is 10.4 Å². The maximum Gasteiger partial charge on any atom is 0.260 e. The third kappa shape index (κ3) is 2.51. The Kier molecular flexibility index (Phi) is 3.20. The first kappa shape index (κ1) is 11.3. The van der Waals surface area contributed by atoms with E-state index < -0.39 is 5.91 Å². The predicted molar refractivity (Wildman–Crippen MR) is 65.8 cm³/mol. The summed E-state index contributed by atoms with van der Waals surface area (Å²) in [6.07, 6.45) is 3.06. The number of nitrogen functional groups attached to an aromatic ring is 1. The van der Waals surface area contributed by atoms with Gasteiger partial charge in [0.15, 0.2) is 0 Å². The van der Waals surface area contributed by atoms with Gasteiger partial charge in [-0.3, -0.25) is 10.1 Å². The number of carbonyl (C=O) groups excluding carboxylic acids is 1. The predicted octanol–water partition coefficient (Wildman–Crippen LogP) is 1.96. The molecule has 17 heavy (non-hydrogen) atoms. The van der Waals surface area contributed by atoms with Crippen molar-refractivity contribution in [2.75, 3.05) is 11.1 Å². The molecule has 0 radical (unpaired) electrons. The van der Waals surface area contributed by atoms with Crippen molar-refractivity contribution < 1.29 is 4.79 Å². The number of nitrogens with zero attached hydrogens (tertiary/aromatic N) is 2. The molecule has 0 spiro atoms. The van der Waals surface area contributed by atoms with Crippen LogP contribution < -0.4 is 11.1 Å². The smallest absolute Gasteiger partial charge is 0.260 e. The summed E-state index contributed by atoms with van der Waals surface area (Å²) in [5.41, 5.74) is 6.24. The van der Waals surface area contributed by atoms with E-state index in [4.69, 9.17) is 17.3 Å². The van der Waals surface area contributed by atoms with E-state index in [1.807, 2.05) is 0 Å². The van der Waals surface area contributed by atoms with Crippen LogP contribution in [0.25, 0.3) is 0 Å². The molecule has 6 heteroatoms. The minimum absolute atomic E-state index is 0.219. The molecule has 3 N–H and O–H groups in total. The molecule has 5 nitrogen and oxygen atoms in total. The van der Waals surface area contributed by atoms with E-state index in [2.05, 4.69) is 15.3 Å².